The Bertz CT molecular complexity index is 1250. The van der Waals surface area contributed by atoms with Crippen molar-refractivity contribution in [2.24, 2.45) is 0 Å². The maximum Gasteiger partial charge on any atom is 0.282 e. The summed E-state index contributed by atoms with van der Waals surface area (Å²) in [5, 5.41) is 12.2. The van der Waals surface area contributed by atoms with Crippen LogP contribution in [0.4, 0.5) is 11.4 Å². The zero-order valence-corrected chi connectivity index (χ0v) is 17.8. The number of nitriles is 1. The van der Waals surface area contributed by atoms with Crippen molar-refractivity contribution in [3.8, 4) is 11.8 Å². The number of hydrogen-bond acceptors (Lipinski definition) is 5. The van der Waals surface area contributed by atoms with Crippen LogP contribution in [0, 0.1) is 18.3 Å². The van der Waals surface area contributed by atoms with Crippen LogP contribution in [0.2, 0.25) is 0 Å². The molecule has 4 rings (SSSR count). The lowest BCUT2D eigenvalue weighted by molar-refractivity contribution is -0.120. The Morgan fingerprint density at radius 3 is 2.31 bits per heavy atom. The minimum absolute atomic E-state index is 0.203. The molecule has 0 aromatic heterocycles. The average molecular weight is 423 g/mol. The summed E-state index contributed by atoms with van der Waals surface area (Å²) in [6.45, 7) is 4.39. The third kappa shape index (κ3) is 3.96. The van der Waals surface area contributed by atoms with Crippen LogP contribution < -0.4 is 15.0 Å². The molecular formula is C26H21N3O3. The first-order valence-corrected chi connectivity index (χ1v) is 10.2. The number of amides is 2. The summed E-state index contributed by atoms with van der Waals surface area (Å²) in [6, 6.07) is 23.1. The first kappa shape index (κ1) is 20.9. The van der Waals surface area contributed by atoms with E-state index < -0.39 is 11.8 Å². The molecule has 0 spiro atoms. The van der Waals surface area contributed by atoms with Gasteiger partial charge in [0.15, 0.2) is 0 Å². The standard InChI is InChI=1S/C26H21N3O3/c1-3-32-22-13-9-19(10-14-22)23-24(28-20-6-4-5-17(2)15-20)26(31)29(25(23)30)21-11-7-18(16-27)8-12-21/h4-15,28H,3H2,1-2H3. The molecule has 158 valence electrons. The zero-order valence-electron chi connectivity index (χ0n) is 17.8. The van der Waals surface area contributed by atoms with E-state index in [4.69, 9.17) is 10.00 Å². The van der Waals surface area contributed by atoms with Crippen molar-refractivity contribution in [3.63, 3.8) is 0 Å². The lowest BCUT2D eigenvalue weighted by Crippen LogP contribution is -2.32. The van der Waals surface area contributed by atoms with Crippen molar-refractivity contribution in [2.75, 3.05) is 16.8 Å². The van der Waals surface area contributed by atoms with E-state index in [-0.39, 0.29) is 11.3 Å². The summed E-state index contributed by atoms with van der Waals surface area (Å²) in [5.74, 6) is -0.199. The second-order valence-corrected chi connectivity index (χ2v) is 7.31. The maximum atomic E-state index is 13.5. The van der Waals surface area contributed by atoms with Gasteiger partial charge in [-0.25, -0.2) is 4.90 Å². The second kappa shape index (κ2) is 8.78. The molecule has 1 aliphatic heterocycles. The molecule has 1 aliphatic rings. The number of hydrogen-bond donors (Lipinski definition) is 1. The number of imide groups is 1. The lowest BCUT2D eigenvalue weighted by Gasteiger charge is -2.15. The summed E-state index contributed by atoms with van der Waals surface area (Å²) in [6.07, 6.45) is 0. The number of rotatable bonds is 6. The van der Waals surface area contributed by atoms with Gasteiger partial charge < -0.3 is 10.1 Å². The van der Waals surface area contributed by atoms with Crippen molar-refractivity contribution >= 4 is 28.8 Å². The molecule has 6 nitrogen and oxygen atoms in total. The summed E-state index contributed by atoms with van der Waals surface area (Å²) < 4.78 is 5.50. The minimum atomic E-state index is -0.454. The van der Waals surface area contributed by atoms with Gasteiger partial charge in [0.05, 0.1) is 29.5 Å². The van der Waals surface area contributed by atoms with Gasteiger partial charge in [0.25, 0.3) is 11.8 Å². The molecule has 0 bridgehead atoms. The molecule has 0 radical (unpaired) electrons. The molecule has 32 heavy (non-hydrogen) atoms. The van der Waals surface area contributed by atoms with Crippen molar-refractivity contribution < 1.29 is 14.3 Å². The quantitative estimate of drug-likeness (QED) is 0.583. The molecular weight excluding hydrogens is 402 g/mol. The van der Waals surface area contributed by atoms with Gasteiger partial charge in [0.1, 0.15) is 11.4 Å². The molecule has 0 unspecified atom stereocenters. The molecule has 0 saturated heterocycles. The predicted octanol–water partition coefficient (Wildman–Crippen LogP) is 4.66. The normalized spacial score (nSPS) is 13.3. The van der Waals surface area contributed by atoms with Crippen LogP contribution in [-0.4, -0.2) is 18.4 Å². The molecule has 0 aliphatic carbocycles. The number of nitrogens with zero attached hydrogens (tertiary/aromatic N) is 2. The van der Waals surface area contributed by atoms with Crippen LogP contribution in [0.3, 0.4) is 0 Å². The Balaban J connectivity index is 1.78. The van der Waals surface area contributed by atoms with Gasteiger partial charge in [0, 0.05) is 5.69 Å². The van der Waals surface area contributed by atoms with Crippen LogP contribution in [0.1, 0.15) is 23.6 Å². The fourth-order valence-corrected chi connectivity index (χ4v) is 3.58. The van der Waals surface area contributed by atoms with Crippen molar-refractivity contribution in [2.45, 2.75) is 13.8 Å². The van der Waals surface area contributed by atoms with Gasteiger partial charge >= 0.3 is 0 Å². The van der Waals surface area contributed by atoms with E-state index in [1.54, 1.807) is 48.5 Å². The van der Waals surface area contributed by atoms with E-state index >= 15 is 0 Å². The van der Waals surface area contributed by atoms with Crippen LogP contribution in [0.25, 0.3) is 5.57 Å². The maximum absolute atomic E-state index is 13.5. The predicted molar refractivity (Wildman–Crippen MR) is 123 cm³/mol. The first-order chi connectivity index (χ1) is 15.5. The highest BCUT2D eigenvalue weighted by Crippen LogP contribution is 2.34. The van der Waals surface area contributed by atoms with Crippen LogP contribution >= 0.6 is 0 Å². The molecule has 1 heterocycles. The fraction of sp³-hybridized carbons (Fsp3) is 0.115. The van der Waals surface area contributed by atoms with E-state index in [1.165, 1.54) is 0 Å². The van der Waals surface area contributed by atoms with Gasteiger partial charge in [-0.05, 0) is 73.5 Å². The highest BCUT2D eigenvalue weighted by molar-refractivity contribution is 6.46. The second-order valence-electron chi connectivity index (χ2n) is 7.31. The highest BCUT2D eigenvalue weighted by atomic mass is 16.5. The minimum Gasteiger partial charge on any atom is -0.494 e. The summed E-state index contributed by atoms with van der Waals surface area (Å²) in [7, 11) is 0. The molecule has 1 N–H and O–H groups in total. The Kier molecular flexibility index (Phi) is 5.73. The van der Waals surface area contributed by atoms with E-state index in [0.717, 1.165) is 10.5 Å². The van der Waals surface area contributed by atoms with Crippen LogP contribution in [-0.2, 0) is 9.59 Å². The van der Waals surface area contributed by atoms with Crippen molar-refractivity contribution in [1.29, 1.82) is 5.26 Å². The third-order valence-electron chi connectivity index (χ3n) is 5.08. The van der Waals surface area contributed by atoms with Crippen LogP contribution in [0.5, 0.6) is 5.75 Å². The van der Waals surface area contributed by atoms with Crippen molar-refractivity contribution in [3.05, 3.63) is 95.2 Å². The van der Waals surface area contributed by atoms with Gasteiger partial charge in [-0.15, -0.1) is 0 Å². The number of anilines is 2. The highest BCUT2D eigenvalue weighted by Gasteiger charge is 2.40. The van der Waals surface area contributed by atoms with Crippen molar-refractivity contribution in [1.82, 2.24) is 0 Å². The fourth-order valence-electron chi connectivity index (χ4n) is 3.58. The molecule has 3 aromatic rings. The van der Waals surface area contributed by atoms with Gasteiger partial charge in [-0.3, -0.25) is 9.59 Å². The molecule has 0 atom stereocenters. The number of nitrogens with one attached hydrogen (secondary N) is 1. The summed E-state index contributed by atoms with van der Waals surface area (Å²) >= 11 is 0. The zero-order chi connectivity index (χ0) is 22.7. The Labute approximate surface area is 186 Å². The smallest absolute Gasteiger partial charge is 0.282 e. The Morgan fingerprint density at radius 2 is 1.69 bits per heavy atom. The van der Waals surface area contributed by atoms with Gasteiger partial charge in [0.2, 0.25) is 0 Å². The first-order valence-electron chi connectivity index (χ1n) is 10.2. The number of carbonyl (C=O) groups is 2. The van der Waals surface area contributed by atoms with E-state index in [9.17, 15) is 9.59 Å². The number of carbonyl (C=O) groups excluding carboxylic acids is 2. The largest absolute Gasteiger partial charge is 0.494 e. The Morgan fingerprint density at radius 1 is 0.969 bits per heavy atom. The number of aryl methyl sites for hydroxylation is 1. The molecule has 6 heteroatoms. The topological polar surface area (TPSA) is 82.4 Å². The number of ether oxygens (including phenoxy) is 1. The number of benzene rings is 3. The van der Waals surface area contributed by atoms with E-state index in [2.05, 4.69) is 5.32 Å². The summed E-state index contributed by atoms with van der Waals surface area (Å²) in [4.78, 5) is 28.0. The lowest BCUT2D eigenvalue weighted by atomic mass is 10.0. The third-order valence-corrected chi connectivity index (χ3v) is 5.08. The summed E-state index contributed by atoms with van der Waals surface area (Å²) in [5.41, 5.74) is 3.69. The van der Waals surface area contributed by atoms with E-state index in [1.807, 2.05) is 44.2 Å². The Hall–Kier alpha value is -4.37. The van der Waals surface area contributed by atoms with E-state index in [0.29, 0.717) is 34.9 Å². The molecule has 2 amide bonds. The monoisotopic (exact) mass is 423 g/mol. The molecule has 3 aromatic carbocycles. The van der Waals surface area contributed by atoms with Crippen LogP contribution in [0.15, 0.2) is 78.5 Å². The average Bonchev–Trinajstić information content (AvgIpc) is 3.04. The molecule has 0 saturated carbocycles. The SMILES string of the molecule is CCOc1ccc(C2=C(Nc3cccc(C)c3)C(=O)N(c3ccc(C#N)cc3)C2=O)cc1. The van der Waals surface area contributed by atoms with Gasteiger partial charge in [-0.1, -0.05) is 24.3 Å². The van der Waals surface area contributed by atoms with Gasteiger partial charge in [-0.2, -0.15) is 5.26 Å². The molecule has 0 fully saturated rings.